The molecule has 5 rings (SSSR count). The first-order valence-electron chi connectivity index (χ1n) is 15.6. The van der Waals surface area contributed by atoms with E-state index in [1.165, 1.54) is 29.2 Å². The molecule has 0 radical (unpaired) electrons. The van der Waals surface area contributed by atoms with Gasteiger partial charge in [-0.05, 0) is 74.2 Å². The Morgan fingerprint density at radius 2 is 1.39 bits per heavy atom. The summed E-state index contributed by atoms with van der Waals surface area (Å²) in [6, 6.07) is 27.7. The molecule has 1 N–H and O–H groups in total. The van der Waals surface area contributed by atoms with Gasteiger partial charge in [0, 0.05) is 19.0 Å². The van der Waals surface area contributed by atoms with Crippen LogP contribution in [0.1, 0.15) is 47.9 Å². The van der Waals surface area contributed by atoms with Crippen molar-refractivity contribution in [3.05, 3.63) is 131 Å². The van der Waals surface area contributed by atoms with Crippen LogP contribution in [-0.4, -0.2) is 43.8 Å². The van der Waals surface area contributed by atoms with Crippen LogP contribution in [0.2, 0.25) is 0 Å². The Labute approximate surface area is 271 Å². The molecule has 1 aliphatic rings. The van der Waals surface area contributed by atoms with Crippen LogP contribution in [0.15, 0.2) is 108 Å². The average Bonchev–Trinajstić information content (AvgIpc) is 3.56. The topological polar surface area (TPSA) is 86.8 Å². The van der Waals surface area contributed by atoms with E-state index >= 15 is 0 Å². The normalized spacial score (nSPS) is 14.1. The first-order chi connectivity index (χ1) is 22.1. The Kier molecular flexibility index (Phi) is 10.5. The molecule has 0 unspecified atom stereocenters. The molecule has 1 aliphatic carbocycles. The van der Waals surface area contributed by atoms with E-state index in [4.69, 9.17) is 0 Å². The van der Waals surface area contributed by atoms with Crippen LogP contribution in [0.5, 0.6) is 0 Å². The van der Waals surface area contributed by atoms with E-state index in [9.17, 15) is 22.4 Å². The molecule has 240 valence electrons. The molecule has 0 aliphatic heterocycles. The molecule has 2 amide bonds. The van der Waals surface area contributed by atoms with Crippen LogP contribution in [0.25, 0.3) is 0 Å². The number of hydrogen-bond acceptors (Lipinski definition) is 4. The summed E-state index contributed by atoms with van der Waals surface area (Å²) in [5, 5.41) is 3.18. The lowest BCUT2D eigenvalue weighted by atomic mass is 10.0. The molecule has 0 heterocycles. The second-order valence-electron chi connectivity index (χ2n) is 12.0. The van der Waals surface area contributed by atoms with Gasteiger partial charge in [0.25, 0.3) is 10.0 Å². The highest BCUT2D eigenvalue weighted by Gasteiger charge is 2.35. The van der Waals surface area contributed by atoms with Gasteiger partial charge >= 0.3 is 0 Å². The minimum absolute atomic E-state index is 0.000113. The van der Waals surface area contributed by atoms with Crippen molar-refractivity contribution in [1.29, 1.82) is 0 Å². The Morgan fingerprint density at radius 3 is 2.00 bits per heavy atom. The lowest BCUT2D eigenvalue weighted by molar-refractivity contribution is -0.140. The van der Waals surface area contributed by atoms with Crippen LogP contribution in [0.3, 0.4) is 0 Å². The fourth-order valence-electron chi connectivity index (χ4n) is 5.79. The molecule has 1 atom stereocenters. The van der Waals surface area contributed by atoms with Gasteiger partial charge in [0.2, 0.25) is 11.8 Å². The highest BCUT2D eigenvalue weighted by atomic mass is 32.2. The van der Waals surface area contributed by atoms with Crippen LogP contribution < -0.4 is 9.62 Å². The smallest absolute Gasteiger partial charge is 0.264 e. The van der Waals surface area contributed by atoms with E-state index in [0.717, 1.165) is 64.4 Å². The van der Waals surface area contributed by atoms with Gasteiger partial charge in [-0.2, -0.15) is 0 Å². The number of nitrogens with zero attached hydrogens (tertiary/aromatic N) is 2. The van der Waals surface area contributed by atoms with Crippen molar-refractivity contribution in [2.24, 2.45) is 0 Å². The third-order valence-corrected chi connectivity index (χ3v) is 10.2. The number of nitrogens with one attached hydrogen (secondary N) is 1. The summed E-state index contributed by atoms with van der Waals surface area (Å²) < 4.78 is 43.1. The molecule has 0 aromatic heterocycles. The van der Waals surface area contributed by atoms with Crippen molar-refractivity contribution in [3.8, 4) is 0 Å². The maximum atomic E-state index is 14.5. The van der Waals surface area contributed by atoms with E-state index < -0.39 is 34.3 Å². The summed E-state index contributed by atoms with van der Waals surface area (Å²) in [4.78, 5) is 30.1. The summed E-state index contributed by atoms with van der Waals surface area (Å²) >= 11 is 0. The van der Waals surface area contributed by atoms with Gasteiger partial charge in [-0.3, -0.25) is 13.9 Å². The summed E-state index contributed by atoms with van der Waals surface area (Å²) in [6.07, 6.45) is 4.07. The number of carbonyl (C=O) groups excluding carboxylic acids is 2. The molecular formula is C37H40FN3O4S. The third kappa shape index (κ3) is 8.20. The standard InChI is InChI=1S/C37H40FN3O4S/c1-27-12-16-30(17-13-27)25-40(35(24-29-8-4-3-5-9-29)37(43)39-32-10-6-7-11-32)36(42)26-41(33-20-18-31(38)19-21-33)46(44,45)34-22-14-28(2)15-23-34/h3-5,8-9,12-23,32,35H,6-7,10-11,24-26H2,1-2H3,(H,39,43)/t35-/m1/s1. The number of rotatable bonds is 12. The third-order valence-electron chi connectivity index (χ3n) is 8.45. The number of amides is 2. The van der Waals surface area contributed by atoms with Gasteiger partial charge in [-0.15, -0.1) is 0 Å². The van der Waals surface area contributed by atoms with Gasteiger partial charge in [-0.25, -0.2) is 12.8 Å². The molecule has 1 saturated carbocycles. The molecule has 0 saturated heterocycles. The highest BCUT2D eigenvalue weighted by molar-refractivity contribution is 7.92. The zero-order chi connectivity index (χ0) is 32.7. The summed E-state index contributed by atoms with van der Waals surface area (Å²) in [6.45, 7) is 3.33. The summed E-state index contributed by atoms with van der Waals surface area (Å²) in [7, 11) is -4.25. The number of sulfonamides is 1. The maximum Gasteiger partial charge on any atom is 0.264 e. The molecule has 4 aromatic carbocycles. The molecule has 9 heteroatoms. The van der Waals surface area contributed by atoms with E-state index in [2.05, 4.69) is 5.32 Å². The van der Waals surface area contributed by atoms with Crippen molar-refractivity contribution < 1.29 is 22.4 Å². The lowest BCUT2D eigenvalue weighted by Crippen LogP contribution is -2.54. The van der Waals surface area contributed by atoms with Crippen molar-refractivity contribution in [1.82, 2.24) is 10.2 Å². The predicted molar refractivity (Wildman–Crippen MR) is 178 cm³/mol. The van der Waals surface area contributed by atoms with E-state index in [0.29, 0.717) is 0 Å². The highest BCUT2D eigenvalue weighted by Crippen LogP contribution is 2.26. The first-order valence-corrected chi connectivity index (χ1v) is 17.1. The largest absolute Gasteiger partial charge is 0.352 e. The van der Waals surface area contributed by atoms with Crippen LogP contribution in [0.4, 0.5) is 10.1 Å². The number of anilines is 1. The second kappa shape index (κ2) is 14.7. The lowest BCUT2D eigenvalue weighted by Gasteiger charge is -2.34. The monoisotopic (exact) mass is 641 g/mol. The molecule has 0 spiro atoms. The fraction of sp³-hybridized carbons (Fsp3) is 0.297. The number of hydrogen-bond donors (Lipinski definition) is 1. The quantitative estimate of drug-likeness (QED) is 0.196. The Morgan fingerprint density at radius 1 is 0.804 bits per heavy atom. The van der Waals surface area contributed by atoms with Gasteiger partial charge in [0.05, 0.1) is 10.6 Å². The summed E-state index contributed by atoms with van der Waals surface area (Å²) in [5.41, 5.74) is 3.75. The molecule has 1 fully saturated rings. The van der Waals surface area contributed by atoms with E-state index in [1.807, 2.05) is 68.4 Å². The first kappa shape index (κ1) is 32.9. The van der Waals surface area contributed by atoms with Crippen LogP contribution >= 0.6 is 0 Å². The number of carbonyl (C=O) groups is 2. The Bertz CT molecular complexity index is 1720. The fourth-order valence-corrected chi connectivity index (χ4v) is 7.20. The van der Waals surface area contributed by atoms with Gasteiger partial charge in [0.1, 0.15) is 18.4 Å². The van der Waals surface area contributed by atoms with Crippen molar-refractivity contribution in [2.75, 3.05) is 10.8 Å². The second-order valence-corrected chi connectivity index (χ2v) is 13.9. The molecule has 0 bridgehead atoms. The summed E-state index contributed by atoms with van der Waals surface area (Å²) in [5.74, 6) is -1.36. The van der Waals surface area contributed by atoms with E-state index in [1.54, 1.807) is 12.1 Å². The zero-order valence-corrected chi connectivity index (χ0v) is 27.0. The molecule has 7 nitrogen and oxygen atoms in total. The van der Waals surface area contributed by atoms with Crippen molar-refractivity contribution in [3.63, 3.8) is 0 Å². The van der Waals surface area contributed by atoms with Gasteiger partial charge < -0.3 is 10.2 Å². The number of halogens is 1. The number of benzene rings is 4. The number of aryl methyl sites for hydroxylation is 2. The zero-order valence-electron chi connectivity index (χ0n) is 26.2. The predicted octanol–water partition coefficient (Wildman–Crippen LogP) is 6.34. The Hall–Kier alpha value is -4.50. The van der Waals surface area contributed by atoms with Crippen LogP contribution in [-0.2, 0) is 32.6 Å². The van der Waals surface area contributed by atoms with Gasteiger partial charge in [-0.1, -0.05) is 90.7 Å². The minimum Gasteiger partial charge on any atom is -0.352 e. The SMILES string of the molecule is Cc1ccc(CN(C(=O)CN(c2ccc(F)cc2)S(=O)(=O)c2ccc(C)cc2)[C@H](Cc2ccccc2)C(=O)NC2CCCC2)cc1. The molecular weight excluding hydrogens is 601 g/mol. The molecule has 46 heavy (non-hydrogen) atoms. The minimum atomic E-state index is -4.25. The van der Waals surface area contributed by atoms with E-state index in [-0.39, 0.29) is 35.5 Å². The van der Waals surface area contributed by atoms with Gasteiger partial charge in [0.15, 0.2) is 0 Å². The molecule has 4 aromatic rings. The van der Waals surface area contributed by atoms with Crippen molar-refractivity contribution >= 4 is 27.5 Å². The maximum absolute atomic E-state index is 14.5. The Balaban J connectivity index is 1.55. The van der Waals surface area contributed by atoms with Crippen molar-refractivity contribution in [2.45, 2.75) is 69.5 Å². The average molecular weight is 642 g/mol. The van der Waals surface area contributed by atoms with Crippen LogP contribution in [0, 0.1) is 19.7 Å².